The molecule has 0 saturated heterocycles. The number of aliphatic hydroxyl groups excluding tert-OH is 5. The highest BCUT2D eigenvalue weighted by atomic mass is 16.5. The van der Waals surface area contributed by atoms with Crippen LogP contribution in [0, 0.1) is 0 Å². The Morgan fingerprint density at radius 3 is 1.20 bits per heavy atom. The van der Waals surface area contributed by atoms with E-state index in [9.17, 15) is 40.9 Å². The smallest absolute Gasteiger partial charge is 0.163 e. The van der Waals surface area contributed by atoms with Crippen LogP contribution in [0.15, 0.2) is 60.7 Å². The summed E-state index contributed by atoms with van der Waals surface area (Å²) in [6.07, 6.45) is 0. The van der Waals surface area contributed by atoms with E-state index >= 15 is 0 Å². The molecule has 0 aliphatic carbocycles. The van der Waals surface area contributed by atoms with Gasteiger partial charge >= 0.3 is 0 Å². The molecule has 0 heterocycles. The van der Waals surface area contributed by atoms with Gasteiger partial charge in [-0.05, 0) is 71.1 Å². The summed E-state index contributed by atoms with van der Waals surface area (Å²) in [7, 11) is 1.41. The van der Waals surface area contributed by atoms with Crippen LogP contribution in [-0.2, 0) is 43.9 Å². The lowest BCUT2D eigenvalue weighted by Gasteiger charge is -2.34. The van der Waals surface area contributed by atoms with Crippen LogP contribution < -0.4 is 4.74 Å². The van der Waals surface area contributed by atoms with Gasteiger partial charge in [0.25, 0.3) is 0 Å². The minimum atomic E-state index is -0.998. The van der Waals surface area contributed by atoms with Gasteiger partial charge in [-0.1, -0.05) is 38.1 Å². The van der Waals surface area contributed by atoms with Crippen molar-refractivity contribution in [2.24, 2.45) is 0 Å². The maximum absolute atomic E-state index is 10.6. The number of aromatic hydroxyl groups is 3. The van der Waals surface area contributed by atoms with Crippen molar-refractivity contribution in [3.63, 3.8) is 0 Å². The molecule has 0 spiro atoms. The number of benzene rings is 4. The predicted molar refractivity (Wildman–Crippen MR) is 165 cm³/mol. The standard InChI is InChI=1S/C35H40O9/c1-34(2,27-9-20(15-36)31(41)21(10-27)16-37)25-5-7-26(8-6-25)35(3,28-11-22(17-38)32(42)23(12-28)18-39)29-13-24(19-40)33(43)30(14-29)44-4/h5-14,36-43H,15-19H2,1-4H3. The van der Waals surface area contributed by atoms with Crippen LogP contribution >= 0.6 is 0 Å². The Kier molecular flexibility index (Phi) is 9.58. The van der Waals surface area contributed by atoms with Crippen molar-refractivity contribution in [2.45, 2.75) is 64.6 Å². The molecule has 8 N–H and O–H groups in total. The summed E-state index contributed by atoms with van der Waals surface area (Å²) in [5.74, 6) is -0.360. The van der Waals surface area contributed by atoms with Crippen LogP contribution in [0.2, 0.25) is 0 Å². The lowest BCUT2D eigenvalue weighted by atomic mass is 9.69. The third kappa shape index (κ3) is 5.60. The molecular weight excluding hydrogens is 564 g/mol. The molecule has 0 amide bonds. The summed E-state index contributed by atoms with van der Waals surface area (Å²) < 4.78 is 5.43. The number of rotatable bonds is 11. The molecule has 4 rings (SSSR count). The maximum atomic E-state index is 10.6. The first-order chi connectivity index (χ1) is 20.9. The summed E-state index contributed by atoms with van der Waals surface area (Å²) in [6, 6.07) is 17.8. The van der Waals surface area contributed by atoms with Crippen molar-refractivity contribution in [3.05, 3.63) is 116 Å². The van der Waals surface area contributed by atoms with Gasteiger partial charge in [-0.25, -0.2) is 0 Å². The number of ether oxygens (including phenoxy) is 1. The fourth-order valence-electron chi connectivity index (χ4n) is 5.77. The zero-order chi connectivity index (χ0) is 32.4. The average molecular weight is 605 g/mol. The topological polar surface area (TPSA) is 171 Å². The first kappa shape index (κ1) is 32.8. The number of hydrogen-bond acceptors (Lipinski definition) is 9. The van der Waals surface area contributed by atoms with E-state index in [1.807, 2.05) is 45.0 Å². The minimum Gasteiger partial charge on any atom is -0.507 e. The molecule has 0 fully saturated rings. The van der Waals surface area contributed by atoms with Crippen molar-refractivity contribution in [1.29, 1.82) is 0 Å². The van der Waals surface area contributed by atoms with Gasteiger partial charge in [0.1, 0.15) is 11.5 Å². The molecule has 4 aromatic carbocycles. The largest absolute Gasteiger partial charge is 0.507 e. The fraction of sp³-hybridized carbons (Fsp3) is 0.314. The molecule has 0 bridgehead atoms. The second kappa shape index (κ2) is 12.9. The minimum absolute atomic E-state index is 0.134. The van der Waals surface area contributed by atoms with E-state index in [4.69, 9.17) is 4.74 Å². The fourth-order valence-corrected chi connectivity index (χ4v) is 5.77. The van der Waals surface area contributed by atoms with E-state index in [-0.39, 0.29) is 52.9 Å². The van der Waals surface area contributed by atoms with E-state index in [0.29, 0.717) is 22.3 Å². The van der Waals surface area contributed by atoms with E-state index in [2.05, 4.69) is 0 Å². The molecule has 234 valence electrons. The van der Waals surface area contributed by atoms with Gasteiger partial charge in [-0.15, -0.1) is 0 Å². The summed E-state index contributed by atoms with van der Waals surface area (Å²) in [5.41, 5.74) is 3.48. The molecular formula is C35H40O9. The molecule has 9 heteroatoms. The number of phenols is 3. The van der Waals surface area contributed by atoms with Crippen molar-refractivity contribution in [3.8, 4) is 23.0 Å². The van der Waals surface area contributed by atoms with E-state index in [0.717, 1.165) is 16.7 Å². The van der Waals surface area contributed by atoms with Crippen LogP contribution in [0.5, 0.6) is 23.0 Å². The summed E-state index contributed by atoms with van der Waals surface area (Å²) >= 11 is 0. The Morgan fingerprint density at radius 2 is 0.818 bits per heavy atom. The van der Waals surface area contributed by atoms with Gasteiger partial charge in [0.05, 0.1) is 40.1 Å². The monoisotopic (exact) mass is 604 g/mol. The van der Waals surface area contributed by atoms with Gasteiger partial charge in [0, 0.05) is 38.6 Å². The van der Waals surface area contributed by atoms with Gasteiger partial charge in [0.15, 0.2) is 11.5 Å². The highest BCUT2D eigenvalue weighted by Gasteiger charge is 2.35. The molecule has 1 unspecified atom stereocenters. The normalized spacial score (nSPS) is 13.1. The van der Waals surface area contributed by atoms with Crippen LogP contribution in [0.3, 0.4) is 0 Å². The first-order valence-corrected chi connectivity index (χ1v) is 14.2. The third-order valence-corrected chi connectivity index (χ3v) is 8.82. The molecule has 0 aliphatic heterocycles. The molecule has 44 heavy (non-hydrogen) atoms. The Morgan fingerprint density at radius 1 is 0.477 bits per heavy atom. The van der Waals surface area contributed by atoms with Crippen molar-refractivity contribution >= 4 is 0 Å². The third-order valence-electron chi connectivity index (χ3n) is 8.82. The van der Waals surface area contributed by atoms with Crippen molar-refractivity contribution < 1.29 is 45.6 Å². The van der Waals surface area contributed by atoms with Crippen LogP contribution in [0.1, 0.15) is 76.4 Å². The number of hydrogen-bond donors (Lipinski definition) is 8. The zero-order valence-electron chi connectivity index (χ0n) is 25.3. The van der Waals surface area contributed by atoms with Crippen LogP contribution in [0.25, 0.3) is 0 Å². The second-order valence-corrected chi connectivity index (χ2v) is 11.6. The Hall–Kier alpha value is -4.12. The highest BCUT2D eigenvalue weighted by Crippen LogP contribution is 2.46. The Balaban J connectivity index is 1.95. The highest BCUT2D eigenvalue weighted by molar-refractivity contribution is 5.59. The molecule has 4 aromatic rings. The van der Waals surface area contributed by atoms with E-state index in [1.54, 1.807) is 36.4 Å². The van der Waals surface area contributed by atoms with Gasteiger partial charge in [-0.2, -0.15) is 0 Å². The molecule has 0 radical (unpaired) electrons. The molecule has 0 aromatic heterocycles. The molecule has 9 nitrogen and oxygen atoms in total. The zero-order valence-corrected chi connectivity index (χ0v) is 25.3. The van der Waals surface area contributed by atoms with E-state index in [1.165, 1.54) is 7.11 Å². The van der Waals surface area contributed by atoms with Gasteiger partial charge in [-0.3, -0.25) is 0 Å². The van der Waals surface area contributed by atoms with E-state index < -0.39 is 30.7 Å². The first-order valence-electron chi connectivity index (χ1n) is 14.2. The second-order valence-electron chi connectivity index (χ2n) is 11.6. The van der Waals surface area contributed by atoms with Crippen molar-refractivity contribution in [1.82, 2.24) is 0 Å². The Bertz CT molecular complexity index is 1500. The van der Waals surface area contributed by atoms with Crippen LogP contribution in [0.4, 0.5) is 0 Å². The maximum Gasteiger partial charge on any atom is 0.163 e. The Labute approximate surface area is 256 Å². The van der Waals surface area contributed by atoms with Gasteiger partial charge in [0.2, 0.25) is 0 Å². The lowest BCUT2D eigenvalue weighted by Crippen LogP contribution is -2.27. The van der Waals surface area contributed by atoms with Crippen molar-refractivity contribution in [2.75, 3.05) is 7.11 Å². The van der Waals surface area contributed by atoms with Gasteiger partial charge < -0.3 is 45.6 Å². The predicted octanol–water partition coefficient (Wildman–Crippen LogP) is 3.95. The summed E-state index contributed by atoms with van der Waals surface area (Å²) in [4.78, 5) is 0. The SMILES string of the molecule is COc1cc(C(C)(c2ccc(C(C)(C)c3cc(CO)c(O)c(CO)c3)cc2)c2cc(CO)c(O)c(CO)c2)cc(CO)c1O. The summed E-state index contributed by atoms with van der Waals surface area (Å²) in [6.45, 7) is 3.77. The number of aliphatic hydroxyl groups is 5. The molecule has 1 atom stereocenters. The number of methoxy groups -OCH3 is 1. The molecule has 0 saturated carbocycles. The quantitative estimate of drug-likeness (QED) is 0.118. The average Bonchev–Trinajstić information content (AvgIpc) is 3.04. The lowest BCUT2D eigenvalue weighted by molar-refractivity contribution is 0.262. The summed E-state index contributed by atoms with van der Waals surface area (Å²) in [5, 5.41) is 81.2. The molecule has 0 aliphatic rings. The van der Waals surface area contributed by atoms with Crippen LogP contribution in [-0.4, -0.2) is 48.0 Å².